The van der Waals surface area contributed by atoms with Crippen molar-refractivity contribution in [3.63, 3.8) is 0 Å². The van der Waals surface area contributed by atoms with E-state index in [1.54, 1.807) is 24.3 Å². The molecule has 0 aliphatic carbocycles. The Morgan fingerprint density at radius 1 is 1.29 bits per heavy atom. The molecule has 0 bridgehead atoms. The van der Waals surface area contributed by atoms with Gasteiger partial charge in [-0.1, -0.05) is 6.07 Å². The lowest BCUT2D eigenvalue weighted by Gasteiger charge is -2.16. The number of carbonyl (C=O) groups is 2. The molecule has 0 spiro atoms. The molecular weight excluding hydrogens is 330 g/mol. The number of hydrogen-bond donors (Lipinski definition) is 2. The fraction of sp³-hybridized carbons (Fsp3) is 0.294. The molecule has 1 heterocycles. The summed E-state index contributed by atoms with van der Waals surface area (Å²) in [5.41, 5.74) is 0.377. The summed E-state index contributed by atoms with van der Waals surface area (Å²) in [6, 6.07) is 7.90. The summed E-state index contributed by atoms with van der Waals surface area (Å²) in [4.78, 5) is 24.3. The number of methoxy groups -OCH3 is 1. The van der Waals surface area contributed by atoms with Gasteiger partial charge in [-0.3, -0.25) is 9.59 Å². The van der Waals surface area contributed by atoms with E-state index in [2.05, 4.69) is 5.32 Å². The van der Waals surface area contributed by atoms with Crippen molar-refractivity contribution in [1.29, 1.82) is 0 Å². The van der Waals surface area contributed by atoms with E-state index >= 15 is 0 Å². The van der Waals surface area contributed by atoms with Gasteiger partial charge in [0.2, 0.25) is 0 Å². The first kappa shape index (κ1) is 17.8. The fourth-order valence-electron chi connectivity index (χ4n) is 2.21. The quantitative estimate of drug-likeness (QED) is 0.765. The van der Waals surface area contributed by atoms with Crippen LogP contribution in [-0.4, -0.2) is 30.7 Å². The summed E-state index contributed by atoms with van der Waals surface area (Å²) in [6.45, 7) is 2.35. The molecule has 0 radical (unpaired) electrons. The van der Waals surface area contributed by atoms with Crippen molar-refractivity contribution in [2.75, 3.05) is 13.7 Å². The Balaban J connectivity index is 2.19. The maximum Gasteiger partial charge on any atom is 0.305 e. The molecule has 1 atom stereocenters. The Bertz CT molecular complexity index is 699. The zero-order chi connectivity index (χ0) is 17.5. The Labute approximate surface area is 144 Å². The van der Waals surface area contributed by atoms with Crippen molar-refractivity contribution in [3.05, 3.63) is 46.2 Å². The number of carbonyl (C=O) groups excluding carboxylic acids is 1. The lowest BCUT2D eigenvalue weighted by Crippen LogP contribution is -2.29. The second-order valence-corrected chi connectivity index (χ2v) is 5.92. The molecule has 1 aromatic carbocycles. The van der Waals surface area contributed by atoms with E-state index < -0.39 is 12.0 Å². The van der Waals surface area contributed by atoms with Crippen LogP contribution in [0.1, 0.15) is 34.6 Å². The van der Waals surface area contributed by atoms with E-state index in [9.17, 15) is 9.59 Å². The average molecular weight is 349 g/mol. The second kappa shape index (κ2) is 8.35. The standard InChI is InChI=1S/C17H19NO5S/c1-3-23-13-7-6-11(9-14(13)22-2)17(21)18-12(10-16(19)20)15-5-4-8-24-15/h4-9,12H,3,10H2,1-2H3,(H,18,21)(H,19,20)/t12-/m1/s1. The van der Waals surface area contributed by atoms with Gasteiger partial charge in [0, 0.05) is 10.4 Å². The van der Waals surface area contributed by atoms with Crippen molar-refractivity contribution < 1.29 is 24.2 Å². The second-order valence-electron chi connectivity index (χ2n) is 4.94. The number of nitrogens with one attached hydrogen (secondary N) is 1. The number of rotatable bonds is 8. The first-order valence-electron chi connectivity index (χ1n) is 7.42. The number of benzene rings is 1. The van der Waals surface area contributed by atoms with E-state index in [0.29, 0.717) is 23.7 Å². The van der Waals surface area contributed by atoms with E-state index in [0.717, 1.165) is 4.88 Å². The topological polar surface area (TPSA) is 84.9 Å². The number of amides is 1. The molecule has 0 fully saturated rings. The molecule has 2 aromatic rings. The number of aliphatic carboxylic acids is 1. The molecular formula is C17H19NO5S. The van der Waals surface area contributed by atoms with Gasteiger partial charge >= 0.3 is 5.97 Å². The van der Waals surface area contributed by atoms with Gasteiger partial charge in [0.1, 0.15) is 0 Å². The minimum absolute atomic E-state index is 0.180. The summed E-state index contributed by atoms with van der Waals surface area (Å²) in [6.07, 6.45) is -0.180. The van der Waals surface area contributed by atoms with E-state index in [1.165, 1.54) is 18.4 Å². The Kier molecular flexibility index (Phi) is 6.20. The zero-order valence-corrected chi connectivity index (χ0v) is 14.3. The molecule has 128 valence electrons. The SMILES string of the molecule is CCOc1ccc(C(=O)N[C@H](CC(=O)O)c2cccs2)cc1OC. The van der Waals surface area contributed by atoms with Crippen molar-refractivity contribution >= 4 is 23.2 Å². The molecule has 0 unspecified atom stereocenters. The molecule has 2 N–H and O–H groups in total. The van der Waals surface area contributed by atoms with E-state index in [-0.39, 0.29) is 12.3 Å². The highest BCUT2D eigenvalue weighted by molar-refractivity contribution is 7.10. The van der Waals surface area contributed by atoms with Gasteiger partial charge in [0.15, 0.2) is 11.5 Å². The largest absolute Gasteiger partial charge is 0.493 e. The molecule has 1 aromatic heterocycles. The van der Waals surface area contributed by atoms with Crippen LogP contribution in [0.25, 0.3) is 0 Å². The zero-order valence-electron chi connectivity index (χ0n) is 13.4. The minimum atomic E-state index is -0.974. The van der Waals surface area contributed by atoms with Gasteiger partial charge in [-0.25, -0.2) is 0 Å². The lowest BCUT2D eigenvalue weighted by molar-refractivity contribution is -0.137. The van der Waals surface area contributed by atoms with Crippen LogP contribution in [0.15, 0.2) is 35.7 Å². The summed E-state index contributed by atoms with van der Waals surface area (Å²) in [5, 5.41) is 13.7. The monoisotopic (exact) mass is 349 g/mol. The van der Waals surface area contributed by atoms with Gasteiger partial charge in [-0.15, -0.1) is 11.3 Å². The molecule has 7 heteroatoms. The molecule has 0 aliphatic heterocycles. The molecule has 24 heavy (non-hydrogen) atoms. The number of carboxylic acid groups (broad SMARTS) is 1. The van der Waals surface area contributed by atoms with Crippen LogP contribution in [0.3, 0.4) is 0 Å². The first-order chi connectivity index (χ1) is 11.5. The van der Waals surface area contributed by atoms with Crippen LogP contribution in [0.4, 0.5) is 0 Å². The average Bonchev–Trinajstić information content (AvgIpc) is 3.08. The molecule has 6 nitrogen and oxygen atoms in total. The maximum atomic E-state index is 12.5. The summed E-state index contributed by atoms with van der Waals surface area (Å²) in [5.74, 6) is -0.332. The summed E-state index contributed by atoms with van der Waals surface area (Å²) in [7, 11) is 1.50. The Morgan fingerprint density at radius 3 is 2.67 bits per heavy atom. The van der Waals surface area contributed by atoms with Crippen LogP contribution in [0, 0.1) is 0 Å². The summed E-state index contributed by atoms with van der Waals surface area (Å²) >= 11 is 1.40. The third-order valence-corrected chi connectivity index (χ3v) is 4.28. The predicted molar refractivity (Wildman–Crippen MR) is 90.9 cm³/mol. The van der Waals surface area contributed by atoms with Gasteiger partial charge in [-0.2, -0.15) is 0 Å². The highest BCUT2D eigenvalue weighted by Gasteiger charge is 2.20. The number of hydrogen-bond acceptors (Lipinski definition) is 5. The maximum absolute atomic E-state index is 12.5. The smallest absolute Gasteiger partial charge is 0.305 e. The molecule has 1 amide bonds. The normalized spacial score (nSPS) is 11.6. The third kappa shape index (κ3) is 4.48. The van der Waals surface area contributed by atoms with Crippen molar-refractivity contribution in [2.24, 2.45) is 0 Å². The van der Waals surface area contributed by atoms with Gasteiger partial charge < -0.3 is 19.9 Å². The minimum Gasteiger partial charge on any atom is -0.493 e. The van der Waals surface area contributed by atoms with Crippen LogP contribution >= 0.6 is 11.3 Å². The van der Waals surface area contributed by atoms with Crippen LogP contribution in [0.2, 0.25) is 0 Å². The van der Waals surface area contributed by atoms with Crippen LogP contribution in [-0.2, 0) is 4.79 Å². The number of thiophene rings is 1. The van der Waals surface area contributed by atoms with Crippen molar-refractivity contribution in [1.82, 2.24) is 5.32 Å². The Hall–Kier alpha value is -2.54. The van der Waals surface area contributed by atoms with Crippen LogP contribution in [0.5, 0.6) is 11.5 Å². The molecule has 0 saturated heterocycles. The summed E-state index contributed by atoms with van der Waals surface area (Å²) < 4.78 is 10.7. The lowest BCUT2D eigenvalue weighted by atomic mass is 10.1. The van der Waals surface area contributed by atoms with E-state index in [1.807, 2.05) is 18.4 Å². The predicted octanol–water partition coefficient (Wildman–Crippen LogP) is 3.10. The highest BCUT2D eigenvalue weighted by Crippen LogP contribution is 2.29. The molecule has 2 rings (SSSR count). The third-order valence-electron chi connectivity index (χ3n) is 3.30. The number of carboxylic acids is 1. The van der Waals surface area contributed by atoms with Crippen molar-refractivity contribution in [3.8, 4) is 11.5 Å². The van der Waals surface area contributed by atoms with Crippen molar-refractivity contribution in [2.45, 2.75) is 19.4 Å². The van der Waals surface area contributed by atoms with Gasteiger partial charge in [0.25, 0.3) is 5.91 Å². The fourth-order valence-corrected chi connectivity index (χ4v) is 2.99. The van der Waals surface area contributed by atoms with Gasteiger partial charge in [-0.05, 0) is 36.6 Å². The molecule has 0 saturated carbocycles. The Morgan fingerprint density at radius 2 is 2.08 bits per heavy atom. The van der Waals surface area contributed by atoms with Crippen LogP contribution < -0.4 is 14.8 Å². The first-order valence-corrected chi connectivity index (χ1v) is 8.30. The molecule has 0 aliphatic rings. The van der Waals surface area contributed by atoms with E-state index in [4.69, 9.17) is 14.6 Å². The van der Waals surface area contributed by atoms with Gasteiger partial charge in [0.05, 0.1) is 26.2 Å². The highest BCUT2D eigenvalue weighted by atomic mass is 32.1. The number of ether oxygens (including phenoxy) is 2.